The van der Waals surface area contributed by atoms with Crippen LogP contribution in [-0.2, 0) is 4.79 Å². The zero-order valence-corrected chi connectivity index (χ0v) is 15.8. The summed E-state index contributed by atoms with van der Waals surface area (Å²) in [5.74, 6) is 0.589. The quantitative estimate of drug-likeness (QED) is 0.521. The van der Waals surface area contributed by atoms with Gasteiger partial charge in [0.2, 0.25) is 5.91 Å². The molecular formula is C19H30N6O2. The number of carbonyl (C=O) groups excluding carboxylic acids is 1. The van der Waals surface area contributed by atoms with Crippen LogP contribution in [0.5, 0.6) is 5.75 Å². The third-order valence-electron chi connectivity index (χ3n) is 5.74. The summed E-state index contributed by atoms with van der Waals surface area (Å²) in [7, 11) is 1.66. The van der Waals surface area contributed by atoms with Gasteiger partial charge in [0.25, 0.3) is 0 Å². The molecule has 3 saturated heterocycles. The molecule has 0 spiro atoms. The van der Waals surface area contributed by atoms with Gasteiger partial charge in [0, 0.05) is 37.4 Å². The van der Waals surface area contributed by atoms with Gasteiger partial charge >= 0.3 is 0 Å². The fourth-order valence-electron chi connectivity index (χ4n) is 4.30. The number of hydrogen-bond acceptors (Lipinski definition) is 7. The fourth-order valence-corrected chi connectivity index (χ4v) is 4.30. The second-order valence-corrected chi connectivity index (χ2v) is 7.54. The third-order valence-corrected chi connectivity index (χ3v) is 5.74. The summed E-state index contributed by atoms with van der Waals surface area (Å²) in [5.41, 5.74) is 6.73. The van der Waals surface area contributed by atoms with Crippen LogP contribution in [0.2, 0.25) is 0 Å². The molecule has 1 amide bonds. The van der Waals surface area contributed by atoms with Gasteiger partial charge in [0.05, 0.1) is 19.2 Å². The Morgan fingerprint density at radius 3 is 2.74 bits per heavy atom. The van der Waals surface area contributed by atoms with Crippen LogP contribution >= 0.6 is 0 Å². The lowest BCUT2D eigenvalue weighted by Gasteiger charge is -2.48. The van der Waals surface area contributed by atoms with E-state index in [0.29, 0.717) is 6.54 Å². The number of fused-ring (bicyclic) bond motifs is 1. The number of anilines is 1. The number of hydrogen-bond donors (Lipinski definition) is 5. The molecule has 148 valence electrons. The van der Waals surface area contributed by atoms with E-state index in [1.54, 1.807) is 7.11 Å². The van der Waals surface area contributed by atoms with Crippen LogP contribution in [0.1, 0.15) is 25.7 Å². The van der Waals surface area contributed by atoms with E-state index in [0.717, 1.165) is 24.5 Å². The van der Waals surface area contributed by atoms with E-state index in [-0.39, 0.29) is 30.3 Å². The second kappa shape index (κ2) is 8.43. The normalized spacial score (nSPS) is 32.1. The van der Waals surface area contributed by atoms with E-state index in [1.165, 1.54) is 25.7 Å². The molecule has 0 bridgehead atoms. The number of methoxy groups -OCH3 is 1. The number of rotatable bonds is 4. The monoisotopic (exact) mass is 374 g/mol. The zero-order valence-electron chi connectivity index (χ0n) is 15.8. The Bertz CT molecular complexity index is 649. The lowest BCUT2D eigenvalue weighted by molar-refractivity contribution is -0.132. The highest BCUT2D eigenvalue weighted by molar-refractivity contribution is 5.81. The molecule has 3 aliphatic rings. The van der Waals surface area contributed by atoms with Gasteiger partial charge in [-0.05, 0) is 25.0 Å². The van der Waals surface area contributed by atoms with Gasteiger partial charge in [-0.3, -0.25) is 25.8 Å². The molecule has 0 aliphatic carbocycles. The highest BCUT2D eigenvalue weighted by atomic mass is 16.5. The molecular weight excluding hydrogens is 344 g/mol. The summed E-state index contributed by atoms with van der Waals surface area (Å²) >= 11 is 0. The first-order valence-electron chi connectivity index (χ1n) is 9.94. The fraction of sp³-hybridized carbons (Fsp3) is 0.632. The Morgan fingerprint density at radius 2 is 1.96 bits per heavy atom. The van der Waals surface area contributed by atoms with Crippen molar-refractivity contribution in [3.63, 3.8) is 0 Å². The maximum atomic E-state index is 12.6. The van der Waals surface area contributed by atoms with Gasteiger partial charge in [-0.15, -0.1) is 0 Å². The molecule has 1 aromatic rings. The van der Waals surface area contributed by atoms with Crippen LogP contribution in [0.3, 0.4) is 0 Å². The molecule has 3 fully saturated rings. The maximum absolute atomic E-state index is 12.6. The van der Waals surface area contributed by atoms with Gasteiger partial charge in [-0.1, -0.05) is 18.9 Å². The first kappa shape index (κ1) is 18.5. The van der Waals surface area contributed by atoms with Crippen molar-refractivity contribution in [2.75, 3.05) is 32.1 Å². The van der Waals surface area contributed by atoms with Crippen LogP contribution in [0.25, 0.3) is 0 Å². The molecule has 8 nitrogen and oxygen atoms in total. The molecule has 3 heterocycles. The smallest absolute Gasteiger partial charge is 0.242 e. The number of likely N-dealkylation sites (tertiary alicyclic amines) is 1. The van der Waals surface area contributed by atoms with Crippen molar-refractivity contribution in [1.82, 2.24) is 26.4 Å². The Labute approximate surface area is 160 Å². The van der Waals surface area contributed by atoms with Gasteiger partial charge in [0.1, 0.15) is 12.0 Å². The third kappa shape index (κ3) is 4.19. The van der Waals surface area contributed by atoms with E-state index in [2.05, 4.69) is 31.7 Å². The topological polar surface area (TPSA) is 89.7 Å². The van der Waals surface area contributed by atoms with E-state index in [9.17, 15) is 4.79 Å². The number of nitrogens with one attached hydrogen (secondary N) is 5. The van der Waals surface area contributed by atoms with E-state index >= 15 is 0 Å². The molecule has 4 unspecified atom stereocenters. The van der Waals surface area contributed by atoms with Gasteiger partial charge in [0.15, 0.2) is 0 Å². The number of benzene rings is 1. The summed E-state index contributed by atoms with van der Waals surface area (Å²) in [6.45, 7) is 2.86. The molecule has 0 saturated carbocycles. The highest BCUT2D eigenvalue weighted by Gasteiger charge is 2.44. The zero-order chi connectivity index (χ0) is 18.6. The summed E-state index contributed by atoms with van der Waals surface area (Å²) in [5, 5.41) is 10.8. The summed E-state index contributed by atoms with van der Waals surface area (Å²) < 4.78 is 5.33. The van der Waals surface area contributed by atoms with E-state index < -0.39 is 0 Å². The van der Waals surface area contributed by atoms with Crippen molar-refractivity contribution in [3.8, 4) is 5.75 Å². The summed E-state index contributed by atoms with van der Waals surface area (Å²) in [6, 6.07) is 7.89. The van der Waals surface area contributed by atoms with Crippen LogP contribution in [0.4, 0.5) is 5.69 Å². The maximum Gasteiger partial charge on any atom is 0.242 e. The van der Waals surface area contributed by atoms with Crippen LogP contribution in [0.15, 0.2) is 24.3 Å². The van der Waals surface area contributed by atoms with Gasteiger partial charge in [-0.25, -0.2) is 5.43 Å². The summed E-state index contributed by atoms with van der Waals surface area (Å²) in [6.07, 6.45) is 4.93. The van der Waals surface area contributed by atoms with Gasteiger partial charge < -0.3 is 10.1 Å². The van der Waals surface area contributed by atoms with Crippen LogP contribution < -0.4 is 31.5 Å². The molecule has 4 rings (SSSR count). The van der Waals surface area contributed by atoms with Crippen molar-refractivity contribution in [1.29, 1.82) is 0 Å². The molecule has 3 aliphatic heterocycles. The van der Waals surface area contributed by atoms with E-state index in [4.69, 9.17) is 4.74 Å². The number of carbonyl (C=O) groups is 1. The Morgan fingerprint density at radius 1 is 1.15 bits per heavy atom. The second-order valence-electron chi connectivity index (χ2n) is 7.54. The lowest BCUT2D eigenvalue weighted by Crippen LogP contribution is -2.76. The Hall–Kier alpha value is -1.87. The molecule has 5 N–H and O–H groups in total. The number of ether oxygens (including phenoxy) is 1. The highest BCUT2D eigenvalue weighted by Crippen LogP contribution is 2.24. The molecule has 27 heavy (non-hydrogen) atoms. The molecule has 4 atom stereocenters. The molecule has 0 aromatic heterocycles. The van der Waals surface area contributed by atoms with E-state index in [1.807, 2.05) is 24.3 Å². The van der Waals surface area contributed by atoms with Crippen molar-refractivity contribution >= 4 is 11.6 Å². The van der Waals surface area contributed by atoms with Crippen molar-refractivity contribution < 1.29 is 9.53 Å². The van der Waals surface area contributed by atoms with Gasteiger partial charge in [-0.2, -0.15) is 0 Å². The lowest BCUT2D eigenvalue weighted by atomic mass is 9.91. The predicted octanol–water partition coefficient (Wildman–Crippen LogP) is 0.405. The number of amides is 1. The van der Waals surface area contributed by atoms with Crippen molar-refractivity contribution in [3.05, 3.63) is 24.3 Å². The molecule has 1 aromatic carbocycles. The SMILES string of the molecule is COc1cccc(NC2NC(N3CCCCCC3)NC3CNNC(=O)C32)c1. The van der Waals surface area contributed by atoms with Crippen molar-refractivity contribution in [2.45, 2.75) is 44.2 Å². The Balaban J connectivity index is 1.54. The first-order valence-corrected chi connectivity index (χ1v) is 9.94. The minimum Gasteiger partial charge on any atom is -0.497 e. The molecule has 0 radical (unpaired) electrons. The summed E-state index contributed by atoms with van der Waals surface area (Å²) in [4.78, 5) is 15.0. The minimum absolute atomic E-state index is 0.000891. The average Bonchev–Trinajstić information content (AvgIpc) is 2.97. The largest absolute Gasteiger partial charge is 0.497 e. The standard InChI is InChI=1S/C19H30N6O2/c1-27-14-8-6-7-13(11-14)21-17-16-15(12-20-24-18(16)26)22-19(23-17)25-9-4-2-3-5-10-25/h6-8,11,15-17,19-23H,2-5,9-10,12H2,1H3,(H,24,26). The van der Waals surface area contributed by atoms with Crippen LogP contribution in [0, 0.1) is 5.92 Å². The minimum atomic E-state index is -0.208. The number of hydrazine groups is 1. The van der Waals surface area contributed by atoms with Crippen LogP contribution in [-0.4, -0.2) is 56.0 Å². The van der Waals surface area contributed by atoms with Crippen molar-refractivity contribution in [2.24, 2.45) is 5.92 Å². The predicted molar refractivity (Wildman–Crippen MR) is 104 cm³/mol. The Kier molecular flexibility index (Phi) is 5.77. The number of nitrogens with zero attached hydrogens (tertiary/aromatic N) is 1. The average molecular weight is 374 g/mol. The molecule has 8 heteroatoms. The first-order chi connectivity index (χ1) is 13.2.